The molecule has 2 N–H and O–H groups in total. The topological polar surface area (TPSA) is 43.8 Å². The molecule has 0 saturated carbocycles. The lowest BCUT2D eigenvalue weighted by Crippen LogP contribution is -2.02. The van der Waals surface area contributed by atoms with Crippen LogP contribution in [0.4, 0.5) is 5.69 Å². The SMILES string of the molecule is CCc1c(N)cnn1-c1ccc(Br)cc1. The van der Waals surface area contributed by atoms with Crippen molar-refractivity contribution in [1.29, 1.82) is 0 Å². The molecule has 0 amide bonds. The van der Waals surface area contributed by atoms with E-state index in [2.05, 4.69) is 28.0 Å². The standard InChI is InChI=1S/C11H12BrN3/c1-2-11-10(13)7-14-15(11)9-5-3-8(12)4-6-9/h3-7H,2,13H2,1H3. The molecule has 0 bridgehead atoms. The minimum atomic E-state index is 0.750. The van der Waals surface area contributed by atoms with E-state index in [0.717, 1.165) is 28.0 Å². The van der Waals surface area contributed by atoms with E-state index < -0.39 is 0 Å². The highest BCUT2D eigenvalue weighted by Crippen LogP contribution is 2.19. The molecule has 1 aromatic carbocycles. The summed E-state index contributed by atoms with van der Waals surface area (Å²) in [5.41, 5.74) is 8.66. The van der Waals surface area contributed by atoms with Gasteiger partial charge in [-0.1, -0.05) is 22.9 Å². The minimum Gasteiger partial charge on any atom is -0.396 e. The average Bonchev–Trinajstić information content (AvgIpc) is 2.61. The van der Waals surface area contributed by atoms with Crippen LogP contribution < -0.4 is 5.73 Å². The molecule has 15 heavy (non-hydrogen) atoms. The van der Waals surface area contributed by atoms with Crippen LogP contribution >= 0.6 is 15.9 Å². The number of rotatable bonds is 2. The van der Waals surface area contributed by atoms with Gasteiger partial charge in [0.05, 0.1) is 23.3 Å². The molecule has 0 spiro atoms. The van der Waals surface area contributed by atoms with Crippen LogP contribution in [0.2, 0.25) is 0 Å². The summed E-state index contributed by atoms with van der Waals surface area (Å²) >= 11 is 3.40. The van der Waals surface area contributed by atoms with Crippen LogP contribution in [0.3, 0.4) is 0 Å². The van der Waals surface area contributed by atoms with Gasteiger partial charge in [-0.3, -0.25) is 0 Å². The first kappa shape index (κ1) is 10.2. The fourth-order valence-corrected chi connectivity index (χ4v) is 1.81. The molecule has 0 saturated heterocycles. The molecule has 0 atom stereocenters. The smallest absolute Gasteiger partial charge is 0.0737 e. The molecule has 2 aromatic rings. The van der Waals surface area contributed by atoms with Crippen LogP contribution in [0.25, 0.3) is 5.69 Å². The van der Waals surface area contributed by atoms with Gasteiger partial charge in [-0.2, -0.15) is 5.10 Å². The maximum Gasteiger partial charge on any atom is 0.0737 e. The first-order chi connectivity index (χ1) is 7.22. The Morgan fingerprint density at radius 3 is 2.60 bits per heavy atom. The summed E-state index contributed by atoms with van der Waals surface area (Å²) in [6.07, 6.45) is 2.57. The monoisotopic (exact) mass is 265 g/mol. The molecule has 0 fully saturated rings. The van der Waals surface area contributed by atoms with E-state index in [1.165, 1.54) is 0 Å². The number of nitrogens with two attached hydrogens (primary N) is 1. The Morgan fingerprint density at radius 1 is 1.33 bits per heavy atom. The number of anilines is 1. The first-order valence-electron chi connectivity index (χ1n) is 4.80. The molecule has 0 aliphatic rings. The van der Waals surface area contributed by atoms with E-state index >= 15 is 0 Å². The second-order valence-electron chi connectivity index (χ2n) is 3.29. The molecule has 0 aliphatic heterocycles. The fourth-order valence-electron chi connectivity index (χ4n) is 1.55. The van der Waals surface area contributed by atoms with Crippen molar-refractivity contribution >= 4 is 21.6 Å². The van der Waals surface area contributed by atoms with Crippen molar-refractivity contribution in [2.45, 2.75) is 13.3 Å². The molecule has 3 nitrogen and oxygen atoms in total. The molecular weight excluding hydrogens is 254 g/mol. The van der Waals surface area contributed by atoms with E-state index in [9.17, 15) is 0 Å². The van der Waals surface area contributed by atoms with Crippen LogP contribution in [0.5, 0.6) is 0 Å². The Balaban J connectivity index is 2.49. The van der Waals surface area contributed by atoms with E-state index in [0.29, 0.717) is 0 Å². The molecule has 0 unspecified atom stereocenters. The quantitative estimate of drug-likeness (QED) is 0.908. The van der Waals surface area contributed by atoms with Crippen LogP contribution in [0.15, 0.2) is 34.9 Å². The lowest BCUT2D eigenvalue weighted by molar-refractivity contribution is 0.815. The van der Waals surface area contributed by atoms with Crippen LogP contribution in [-0.4, -0.2) is 9.78 Å². The van der Waals surface area contributed by atoms with E-state index in [-0.39, 0.29) is 0 Å². The van der Waals surface area contributed by atoms with E-state index in [1.54, 1.807) is 6.20 Å². The van der Waals surface area contributed by atoms with Gasteiger partial charge in [0.15, 0.2) is 0 Å². The van der Waals surface area contributed by atoms with Crippen molar-refractivity contribution < 1.29 is 0 Å². The summed E-state index contributed by atoms with van der Waals surface area (Å²) < 4.78 is 2.94. The summed E-state index contributed by atoms with van der Waals surface area (Å²) in [5.74, 6) is 0. The number of halogens is 1. The third kappa shape index (κ3) is 1.90. The molecule has 0 aliphatic carbocycles. The van der Waals surface area contributed by atoms with E-state index in [1.807, 2.05) is 28.9 Å². The second-order valence-corrected chi connectivity index (χ2v) is 4.20. The summed E-state index contributed by atoms with van der Waals surface area (Å²) in [4.78, 5) is 0. The minimum absolute atomic E-state index is 0.750. The zero-order chi connectivity index (χ0) is 10.8. The van der Waals surface area contributed by atoms with Gasteiger partial charge in [-0.05, 0) is 30.7 Å². The van der Waals surface area contributed by atoms with Crippen molar-refractivity contribution in [2.24, 2.45) is 0 Å². The summed E-state index contributed by atoms with van der Waals surface area (Å²) in [5, 5.41) is 4.26. The third-order valence-corrected chi connectivity index (χ3v) is 2.84. The van der Waals surface area contributed by atoms with Gasteiger partial charge in [-0.25, -0.2) is 4.68 Å². The molecule has 2 rings (SSSR count). The molecule has 0 radical (unpaired) electrons. The normalized spacial score (nSPS) is 10.5. The van der Waals surface area contributed by atoms with Crippen molar-refractivity contribution in [2.75, 3.05) is 5.73 Å². The number of aromatic nitrogens is 2. The zero-order valence-corrected chi connectivity index (χ0v) is 10.0. The van der Waals surface area contributed by atoms with Gasteiger partial charge in [0.2, 0.25) is 0 Å². The highest BCUT2D eigenvalue weighted by atomic mass is 79.9. The van der Waals surface area contributed by atoms with Gasteiger partial charge >= 0.3 is 0 Å². The number of hydrogen-bond acceptors (Lipinski definition) is 2. The van der Waals surface area contributed by atoms with Gasteiger partial charge in [-0.15, -0.1) is 0 Å². The van der Waals surface area contributed by atoms with E-state index in [4.69, 9.17) is 5.73 Å². The fraction of sp³-hybridized carbons (Fsp3) is 0.182. The Bertz CT molecular complexity index is 459. The number of nitrogen functional groups attached to an aromatic ring is 1. The largest absolute Gasteiger partial charge is 0.396 e. The van der Waals surface area contributed by atoms with Crippen molar-refractivity contribution in [3.05, 3.63) is 40.6 Å². The maximum atomic E-state index is 5.83. The van der Waals surface area contributed by atoms with Crippen LogP contribution in [0, 0.1) is 0 Å². The highest BCUT2D eigenvalue weighted by molar-refractivity contribution is 9.10. The predicted molar refractivity (Wildman–Crippen MR) is 65.1 cm³/mol. The number of benzene rings is 1. The van der Waals surface area contributed by atoms with Crippen molar-refractivity contribution in [3.63, 3.8) is 0 Å². The molecule has 1 aromatic heterocycles. The third-order valence-electron chi connectivity index (χ3n) is 2.31. The van der Waals surface area contributed by atoms with Gasteiger partial charge in [0.25, 0.3) is 0 Å². The molecule has 4 heteroatoms. The lowest BCUT2D eigenvalue weighted by Gasteiger charge is -2.06. The predicted octanol–water partition coefficient (Wildman–Crippen LogP) is 2.78. The van der Waals surface area contributed by atoms with Gasteiger partial charge in [0, 0.05) is 4.47 Å². The maximum absolute atomic E-state index is 5.83. The lowest BCUT2D eigenvalue weighted by atomic mass is 10.2. The van der Waals surface area contributed by atoms with Crippen molar-refractivity contribution in [3.8, 4) is 5.69 Å². The summed E-state index contributed by atoms with van der Waals surface area (Å²) in [6.45, 7) is 2.07. The second kappa shape index (κ2) is 4.06. The zero-order valence-electron chi connectivity index (χ0n) is 8.44. The highest BCUT2D eigenvalue weighted by Gasteiger charge is 2.07. The number of hydrogen-bond donors (Lipinski definition) is 1. The number of nitrogens with zero attached hydrogens (tertiary/aromatic N) is 2. The van der Waals surface area contributed by atoms with Crippen molar-refractivity contribution in [1.82, 2.24) is 9.78 Å². The molecular formula is C11H12BrN3. The molecule has 1 heterocycles. The van der Waals surface area contributed by atoms with Gasteiger partial charge < -0.3 is 5.73 Å². The average molecular weight is 266 g/mol. The Hall–Kier alpha value is -1.29. The Kier molecular flexibility index (Phi) is 2.77. The molecule has 78 valence electrons. The summed E-state index contributed by atoms with van der Waals surface area (Å²) in [6, 6.07) is 8.00. The van der Waals surface area contributed by atoms with Gasteiger partial charge in [0.1, 0.15) is 0 Å². The Labute approximate surface area is 97.0 Å². The van der Waals surface area contributed by atoms with Crippen LogP contribution in [0.1, 0.15) is 12.6 Å². The Morgan fingerprint density at radius 2 is 2.00 bits per heavy atom. The first-order valence-corrected chi connectivity index (χ1v) is 5.60. The summed E-state index contributed by atoms with van der Waals surface area (Å²) in [7, 11) is 0. The van der Waals surface area contributed by atoms with Crippen LogP contribution in [-0.2, 0) is 6.42 Å².